The lowest BCUT2D eigenvalue weighted by Crippen LogP contribution is -2.47. The van der Waals surface area contributed by atoms with Gasteiger partial charge in [0.1, 0.15) is 0 Å². The molecule has 18 heavy (non-hydrogen) atoms. The Morgan fingerprint density at radius 3 is 2.44 bits per heavy atom. The van der Waals surface area contributed by atoms with Gasteiger partial charge in [-0.15, -0.1) is 0 Å². The van der Waals surface area contributed by atoms with Crippen LogP contribution in [0.5, 0.6) is 0 Å². The molecular formula is C12H21N3O3. The number of rotatable bonds is 4. The maximum absolute atomic E-state index is 11.5. The largest absolute Gasteiger partial charge is 0.350 e. The summed E-state index contributed by atoms with van der Waals surface area (Å²) in [5, 5.41) is 5.25. The standard InChI is InChI=1S/C12H21N3O3/c1-12(2,3)14-9(16)7-13-10(17)8-15-6-4-5-11(15)18/h4-8H2,1-3H3,(H,13,17)(H,14,16). The maximum Gasteiger partial charge on any atom is 0.240 e. The molecule has 1 rings (SSSR count). The number of hydrogen-bond acceptors (Lipinski definition) is 3. The van der Waals surface area contributed by atoms with Gasteiger partial charge < -0.3 is 15.5 Å². The third-order valence-corrected chi connectivity index (χ3v) is 2.47. The van der Waals surface area contributed by atoms with Gasteiger partial charge in [-0.2, -0.15) is 0 Å². The predicted molar refractivity (Wildman–Crippen MR) is 66.7 cm³/mol. The molecule has 102 valence electrons. The molecule has 0 aromatic heterocycles. The summed E-state index contributed by atoms with van der Waals surface area (Å²) in [7, 11) is 0. The Kier molecular flexibility index (Phi) is 4.69. The quantitative estimate of drug-likeness (QED) is 0.720. The minimum Gasteiger partial charge on any atom is -0.350 e. The van der Waals surface area contributed by atoms with Crippen molar-refractivity contribution in [2.75, 3.05) is 19.6 Å². The number of hydrogen-bond donors (Lipinski definition) is 2. The summed E-state index contributed by atoms with van der Waals surface area (Å²) in [4.78, 5) is 35.8. The highest BCUT2D eigenvalue weighted by molar-refractivity contribution is 5.88. The van der Waals surface area contributed by atoms with E-state index in [1.165, 1.54) is 4.90 Å². The number of amides is 3. The molecule has 0 bridgehead atoms. The molecule has 2 N–H and O–H groups in total. The molecule has 0 saturated carbocycles. The first-order valence-corrected chi connectivity index (χ1v) is 6.13. The average molecular weight is 255 g/mol. The van der Waals surface area contributed by atoms with E-state index in [4.69, 9.17) is 0 Å². The van der Waals surface area contributed by atoms with Crippen molar-refractivity contribution < 1.29 is 14.4 Å². The summed E-state index contributed by atoms with van der Waals surface area (Å²) in [5.74, 6) is -0.526. The molecule has 0 atom stereocenters. The van der Waals surface area contributed by atoms with Crippen molar-refractivity contribution in [2.45, 2.75) is 39.2 Å². The van der Waals surface area contributed by atoms with E-state index in [0.717, 1.165) is 6.42 Å². The molecule has 0 spiro atoms. The van der Waals surface area contributed by atoms with Gasteiger partial charge in [0.05, 0.1) is 13.1 Å². The van der Waals surface area contributed by atoms with Gasteiger partial charge in [0.2, 0.25) is 17.7 Å². The van der Waals surface area contributed by atoms with E-state index in [2.05, 4.69) is 10.6 Å². The van der Waals surface area contributed by atoms with Gasteiger partial charge in [-0.25, -0.2) is 0 Å². The Morgan fingerprint density at radius 1 is 1.28 bits per heavy atom. The van der Waals surface area contributed by atoms with E-state index in [1.54, 1.807) is 0 Å². The summed E-state index contributed by atoms with van der Waals surface area (Å²) < 4.78 is 0. The molecule has 0 unspecified atom stereocenters. The van der Waals surface area contributed by atoms with Crippen LogP contribution in [-0.2, 0) is 14.4 Å². The van der Waals surface area contributed by atoms with Crippen LogP contribution < -0.4 is 10.6 Å². The van der Waals surface area contributed by atoms with Crippen LogP contribution >= 0.6 is 0 Å². The average Bonchev–Trinajstić information content (AvgIpc) is 2.59. The molecule has 1 heterocycles. The number of nitrogens with zero attached hydrogens (tertiary/aromatic N) is 1. The summed E-state index contributed by atoms with van der Waals surface area (Å²) in [6.45, 7) is 6.22. The summed E-state index contributed by atoms with van der Waals surface area (Å²) in [6, 6.07) is 0. The Balaban J connectivity index is 2.25. The molecular weight excluding hydrogens is 234 g/mol. The minimum absolute atomic E-state index is 0.00398. The molecule has 1 aliphatic rings. The van der Waals surface area contributed by atoms with Gasteiger partial charge in [0.15, 0.2) is 0 Å². The van der Waals surface area contributed by atoms with E-state index in [1.807, 2.05) is 20.8 Å². The van der Waals surface area contributed by atoms with Crippen LogP contribution in [0.2, 0.25) is 0 Å². The van der Waals surface area contributed by atoms with Crippen LogP contribution in [0, 0.1) is 0 Å². The normalized spacial score (nSPS) is 15.7. The summed E-state index contributed by atoms with van der Waals surface area (Å²) in [6.07, 6.45) is 1.31. The van der Waals surface area contributed by atoms with Gasteiger partial charge >= 0.3 is 0 Å². The molecule has 3 amide bonds. The first kappa shape index (κ1) is 14.5. The zero-order valence-corrected chi connectivity index (χ0v) is 11.2. The van der Waals surface area contributed by atoms with Gasteiger partial charge in [0, 0.05) is 18.5 Å². The van der Waals surface area contributed by atoms with Crippen molar-refractivity contribution in [2.24, 2.45) is 0 Å². The van der Waals surface area contributed by atoms with Crippen molar-refractivity contribution in [3.05, 3.63) is 0 Å². The van der Waals surface area contributed by atoms with Crippen LogP contribution in [0.15, 0.2) is 0 Å². The van der Waals surface area contributed by atoms with Crippen LogP contribution in [0.3, 0.4) is 0 Å². The Bertz CT molecular complexity index is 347. The van der Waals surface area contributed by atoms with Crippen molar-refractivity contribution in [1.29, 1.82) is 0 Å². The molecule has 1 fully saturated rings. The van der Waals surface area contributed by atoms with Crippen molar-refractivity contribution in [3.8, 4) is 0 Å². The highest BCUT2D eigenvalue weighted by Gasteiger charge is 2.22. The van der Waals surface area contributed by atoms with Gasteiger partial charge in [-0.05, 0) is 27.2 Å². The fraction of sp³-hybridized carbons (Fsp3) is 0.750. The maximum atomic E-state index is 11.5. The Morgan fingerprint density at radius 2 is 1.94 bits per heavy atom. The van der Waals surface area contributed by atoms with E-state index in [9.17, 15) is 14.4 Å². The monoisotopic (exact) mass is 255 g/mol. The fourth-order valence-electron chi connectivity index (χ4n) is 1.74. The van der Waals surface area contributed by atoms with Gasteiger partial charge in [-0.3, -0.25) is 14.4 Å². The predicted octanol–water partition coefficient (Wildman–Crippen LogP) is -0.360. The lowest BCUT2D eigenvalue weighted by atomic mass is 10.1. The lowest BCUT2D eigenvalue weighted by molar-refractivity contribution is -0.133. The molecule has 1 aliphatic heterocycles. The lowest BCUT2D eigenvalue weighted by Gasteiger charge is -2.21. The first-order valence-electron chi connectivity index (χ1n) is 6.13. The molecule has 1 saturated heterocycles. The van der Waals surface area contributed by atoms with Crippen molar-refractivity contribution in [1.82, 2.24) is 15.5 Å². The Hall–Kier alpha value is -1.59. The highest BCUT2D eigenvalue weighted by atomic mass is 16.2. The molecule has 0 aliphatic carbocycles. The molecule has 0 aromatic carbocycles. The fourth-order valence-corrected chi connectivity index (χ4v) is 1.74. The smallest absolute Gasteiger partial charge is 0.240 e. The second kappa shape index (κ2) is 5.84. The number of carbonyl (C=O) groups excluding carboxylic acids is 3. The third-order valence-electron chi connectivity index (χ3n) is 2.47. The first-order chi connectivity index (χ1) is 8.28. The van der Waals surface area contributed by atoms with Crippen molar-refractivity contribution >= 4 is 17.7 Å². The second-order valence-electron chi connectivity index (χ2n) is 5.49. The molecule has 0 radical (unpaired) electrons. The van der Waals surface area contributed by atoms with Crippen LogP contribution in [0.1, 0.15) is 33.6 Å². The van der Waals surface area contributed by atoms with E-state index < -0.39 is 0 Å². The highest BCUT2D eigenvalue weighted by Crippen LogP contribution is 2.08. The molecule has 6 nitrogen and oxygen atoms in total. The van der Waals surface area contributed by atoms with Crippen LogP contribution in [0.25, 0.3) is 0 Å². The zero-order valence-electron chi connectivity index (χ0n) is 11.2. The minimum atomic E-state index is -0.313. The second-order valence-corrected chi connectivity index (χ2v) is 5.49. The topological polar surface area (TPSA) is 78.5 Å². The molecule has 0 aromatic rings. The van der Waals surface area contributed by atoms with Crippen LogP contribution in [0.4, 0.5) is 0 Å². The van der Waals surface area contributed by atoms with Gasteiger partial charge in [-0.1, -0.05) is 0 Å². The van der Waals surface area contributed by atoms with Crippen molar-refractivity contribution in [3.63, 3.8) is 0 Å². The zero-order chi connectivity index (χ0) is 13.8. The van der Waals surface area contributed by atoms with E-state index in [0.29, 0.717) is 13.0 Å². The van der Waals surface area contributed by atoms with Crippen LogP contribution in [-0.4, -0.2) is 47.8 Å². The van der Waals surface area contributed by atoms with E-state index in [-0.39, 0.29) is 36.3 Å². The molecule has 6 heteroatoms. The number of likely N-dealkylation sites (tertiary alicyclic amines) is 1. The summed E-state index contributed by atoms with van der Waals surface area (Å²) in [5.41, 5.74) is -0.313. The summed E-state index contributed by atoms with van der Waals surface area (Å²) >= 11 is 0. The number of carbonyl (C=O) groups is 3. The van der Waals surface area contributed by atoms with E-state index >= 15 is 0 Å². The number of nitrogens with one attached hydrogen (secondary N) is 2. The third kappa shape index (κ3) is 5.16. The van der Waals surface area contributed by atoms with Gasteiger partial charge in [0.25, 0.3) is 0 Å². The SMILES string of the molecule is CC(C)(C)NC(=O)CNC(=O)CN1CCCC1=O. The Labute approximate surface area is 107 Å².